The van der Waals surface area contributed by atoms with E-state index in [4.69, 9.17) is 13.9 Å². The molecule has 0 unspecified atom stereocenters. The van der Waals surface area contributed by atoms with Gasteiger partial charge in [0.2, 0.25) is 12.7 Å². The standard InChI is InChI=1S/C18H14FN3O4/c19-13-4-2-1-3-12(13)18-22-21-16(26-18)7-8-20-17(23)11-5-6-14-15(9-11)25-10-24-14/h1-6,9H,7-8,10H2,(H,20,23). The molecule has 0 atom stereocenters. The van der Waals surface area contributed by atoms with E-state index in [1.165, 1.54) is 6.07 Å². The van der Waals surface area contributed by atoms with Crippen LogP contribution in [0.1, 0.15) is 16.2 Å². The van der Waals surface area contributed by atoms with Crippen molar-refractivity contribution in [1.82, 2.24) is 15.5 Å². The molecule has 0 bridgehead atoms. The third kappa shape index (κ3) is 3.21. The number of carbonyl (C=O) groups is 1. The van der Waals surface area contributed by atoms with Crippen LogP contribution in [-0.4, -0.2) is 29.4 Å². The molecule has 1 aromatic heterocycles. The molecule has 0 saturated carbocycles. The van der Waals surface area contributed by atoms with E-state index in [2.05, 4.69) is 15.5 Å². The topological polar surface area (TPSA) is 86.5 Å². The number of benzene rings is 2. The fourth-order valence-electron chi connectivity index (χ4n) is 2.52. The fraction of sp³-hybridized carbons (Fsp3) is 0.167. The number of amides is 1. The van der Waals surface area contributed by atoms with Crippen molar-refractivity contribution in [2.45, 2.75) is 6.42 Å². The minimum Gasteiger partial charge on any atom is -0.454 e. The summed E-state index contributed by atoms with van der Waals surface area (Å²) in [5.74, 6) is 0.905. The molecule has 2 aromatic carbocycles. The summed E-state index contributed by atoms with van der Waals surface area (Å²) in [7, 11) is 0. The Morgan fingerprint density at radius 3 is 2.85 bits per heavy atom. The van der Waals surface area contributed by atoms with E-state index in [0.29, 0.717) is 35.9 Å². The number of carbonyl (C=O) groups excluding carboxylic acids is 1. The van der Waals surface area contributed by atoms with E-state index < -0.39 is 5.82 Å². The molecule has 26 heavy (non-hydrogen) atoms. The largest absolute Gasteiger partial charge is 0.454 e. The zero-order valence-electron chi connectivity index (χ0n) is 13.6. The average Bonchev–Trinajstić information content (AvgIpc) is 3.30. The smallest absolute Gasteiger partial charge is 0.251 e. The third-order valence-electron chi connectivity index (χ3n) is 3.83. The summed E-state index contributed by atoms with van der Waals surface area (Å²) < 4.78 is 29.6. The van der Waals surface area contributed by atoms with Crippen LogP contribution in [0, 0.1) is 5.82 Å². The molecular weight excluding hydrogens is 341 g/mol. The molecule has 3 aromatic rings. The van der Waals surface area contributed by atoms with Gasteiger partial charge in [-0.1, -0.05) is 12.1 Å². The van der Waals surface area contributed by atoms with Gasteiger partial charge in [-0.15, -0.1) is 10.2 Å². The second-order valence-electron chi connectivity index (χ2n) is 5.55. The van der Waals surface area contributed by atoms with Crippen LogP contribution in [-0.2, 0) is 6.42 Å². The normalized spacial score (nSPS) is 12.2. The third-order valence-corrected chi connectivity index (χ3v) is 3.83. The number of rotatable bonds is 5. The van der Waals surface area contributed by atoms with E-state index in [9.17, 15) is 9.18 Å². The molecular formula is C18H14FN3O4. The predicted molar refractivity (Wildman–Crippen MR) is 88.3 cm³/mol. The molecule has 1 N–H and O–H groups in total. The molecule has 0 spiro atoms. The van der Waals surface area contributed by atoms with Crippen molar-refractivity contribution in [2.75, 3.05) is 13.3 Å². The fourth-order valence-corrected chi connectivity index (χ4v) is 2.52. The van der Waals surface area contributed by atoms with Crippen LogP contribution < -0.4 is 14.8 Å². The van der Waals surface area contributed by atoms with Crippen molar-refractivity contribution in [3.63, 3.8) is 0 Å². The van der Waals surface area contributed by atoms with Crippen molar-refractivity contribution >= 4 is 5.91 Å². The summed E-state index contributed by atoms with van der Waals surface area (Å²) in [5.41, 5.74) is 0.711. The first kappa shape index (κ1) is 16.1. The maximum atomic E-state index is 13.7. The van der Waals surface area contributed by atoms with E-state index in [1.54, 1.807) is 36.4 Å². The highest BCUT2D eigenvalue weighted by Gasteiger charge is 2.16. The summed E-state index contributed by atoms with van der Waals surface area (Å²) in [6.07, 6.45) is 0.331. The Hall–Kier alpha value is -3.42. The number of halogens is 1. The van der Waals surface area contributed by atoms with Crippen molar-refractivity contribution in [3.8, 4) is 23.0 Å². The zero-order valence-corrected chi connectivity index (χ0v) is 13.6. The Bertz CT molecular complexity index is 957. The second-order valence-corrected chi connectivity index (χ2v) is 5.55. The average molecular weight is 355 g/mol. The summed E-state index contributed by atoms with van der Waals surface area (Å²) in [6.45, 7) is 0.452. The number of fused-ring (bicyclic) bond motifs is 1. The molecule has 8 heteroatoms. The Labute approximate surface area is 147 Å². The number of hydrogen-bond donors (Lipinski definition) is 1. The van der Waals surface area contributed by atoms with E-state index in [-0.39, 0.29) is 24.2 Å². The second kappa shape index (κ2) is 6.83. The van der Waals surface area contributed by atoms with E-state index in [0.717, 1.165) is 0 Å². The van der Waals surface area contributed by atoms with Crippen LogP contribution in [0.4, 0.5) is 4.39 Å². The first-order valence-corrected chi connectivity index (χ1v) is 7.96. The van der Waals surface area contributed by atoms with Gasteiger partial charge in [-0.05, 0) is 30.3 Å². The van der Waals surface area contributed by atoms with Crippen molar-refractivity contribution < 1.29 is 23.1 Å². The Morgan fingerprint density at radius 2 is 1.96 bits per heavy atom. The molecule has 0 radical (unpaired) electrons. The van der Waals surface area contributed by atoms with E-state index in [1.807, 2.05) is 0 Å². The van der Waals surface area contributed by atoms with Crippen molar-refractivity contribution in [2.24, 2.45) is 0 Å². The van der Waals surface area contributed by atoms with Gasteiger partial charge >= 0.3 is 0 Å². The summed E-state index contributed by atoms with van der Waals surface area (Å²) in [5, 5.41) is 10.5. The van der Waals surface area contributed by atoms with E-state index >= 15 is 0 Å². The summed E-state index contributed by atoms with van der Waals surface area (Å²) >= 11 is 0. The molecule has 0 aliphatic carbocycles. The zero-order chi connectivity index (χ0) is 17.9. The van der Waals surface area contributed by atoms with Gasteiger partial charge in [0.15, 0.2) is 11.5 Å². The van der Waals surface area contributed by atoms with Crippen LogP contribution in [0.25, 0.3) is 11.5 Å². The molecule has 132 valence electrons. The molecule has 2 heterocycles. The number of nitrogens with one attached hydrogen (secondary N) is 1. The van der Waals surface area contributed by atoms with Crippen molar-refractivity contribution in [1.29, 1.82) is 0 Å². The summed E-state index contributed by atoms with van der Waals surface area (Å²) in [6, 6.07) is 11.1. The number of nitrogens with zero attached hydrogens (tertiary/aromatic N) is 2. The van der Waals surface area contributed by atoms with Crippen LogP contribution in [0.15, 0.2) is 46.9 Å². The van der Waals surface area contributed by atoms with Gasteiger partial charge in [-0.25, -0.2) is 4.39 Å². The maximum Gasteiger partial charge on any atom is 0.251 e. The number of ether oxygens (including phenoxy) is 2. The molecule has 1 aliphatic heterocycles. The van der Waals surface area contributed by atoms with Gasteiger partial charge in [0, 0.05) is 18.5 Å². The number of hydrogen-bond acceptors (Lipinski definition) is 6. The first-order valence-electron chi connectivity index (χ1n) is 7.96. The SMILES string of the molecule is O=C(NCCc1nnc(-c2ccccc2F)o1)c1ccc2c(c1)OCO2. The van der Waals surface area contributed by atoms with Gasteiger partial charge in [-0.3, -0.25) is 4.79 Å². The van der Waals surface area contributed by atoms with Gasteiger partial charge in [0.1, 0.15) is 5.82 Å². The number of aromatic nitrogens is 2. The summed E-state index contributed by atoms with van der Waals surface area (Å²) in [4.78, 5) is 12.2. The Balaban J connectivity index is 1.35. The van der Waals surface area contributed by atoms with Gasteiger partial charge < -0.3 is 19.2 Å². The lowest BCUT2D eigenvalue weighted by Gasteiger charge is -2.04. The molecule has 0 fully saturated rings. The Morgan fingerprint density at radius 1 is 1.12 bits per heavy atom. The van der Waals surface area contributed by atoms with Crippen LogP contribution >= 0.6 is 0 Å². The molecule has 4 rings (SSSR count). The minimum atomic E-state index is -0.432. The van der Waals surface area contributed by atoms with Crippen LogP contribution in [0.2, 0.25) is 0 Å². The van der Waals surface area contributed by atoms with Gasteiger partial charge in [-0.2, -0.15) is 0 Å². The highest BCUT2D eigenvalue weighted by atomic mass is 19.1. The lowest BCUT2D eigenvalue weighted by molar-refractivity contribution is 0.0953. The molecule has 1 amide bonds. The molecule has 0 saturated heterocycles. The van der Waals surface area contributed by atoms with Crippen LogP contribution in [0.3, 0.4) is 0 Å². The highest BCUT2D eigenvalue weighted by molar-refractivity contribution is 5.94. The quantitative estimate of drug-likeness (QED) is 0.757. The predicted octanol–water partition coefficient (Wildman–Crippen LogP) is 2.58. The lowest BCUT2D eigenvalue weighted by atomic mass is 10.2. The first-order chi connectivity index (χ1) is 12.7. The monoisotopic (exact) mass is 355 g/mol. The van der Waals surface area contributed by atoms with Gasteiger partial charge in [0.05, 0.1) is 5.56 Å². The van der Waals surface area contributed by atoms with Crippen molar-refractivity contribution in [3.05, 3.63) is 59.7 Å². The van der Waals surface area contributed by atoms with Crippen LogP contribution in [0.5, 0.6) is 11.5 Å². The molecule has 7 nitrogen and oxygen atoms in total. The highest BCUT2D eigenvalue weighted by Crippen LogP contribution is 2.32. The lowest BCUT2D eigenvalue weighted by Crippen LogP contribution is -2.25. The minimum absolute atomic E-state index is 0.111. The van der Waals surface area contributed by atoms with Gasteiger partial charge in [0.25, 0.3) is 11.8 Å². The Kier molecular flexibility index (Phi) is 4.22. The molecule has 1 aliphatic rings. The maximum absolute atomic E-state index is 13.7.